The Morgan fingerprint density at radius 1 is 0.962 bits per heavy atom. The van der Waals surface area contributed by atoms with Gasteiger partial charge in [-0.05, 0) is 42.0 Å². The van der Waals surface area contributed by atoms with E-state index in [1.807, 2.05) is 60.7 Å². The second-order valence-corrected chi connectivity index (χ2v) is 6.21. The van der Waals surface area contributed by atoms with E-state index in [4.69, 9.17) is 11.6 Å². The van der Waals surface area contributed by atoms with Crippen molar-refractivity contribution < 1.29 is 0 Å². The van der Waals surface area contributed by atoms with E-state index in [1.54, 1.807) is 12.4 Å². The fourth-order valence-electron chi connectivity index (χ4n) is 2.68. The van der Waals surface area contributed by atoms with Gasteiger partial charge in [0.15, 0.2) is 11.6 Å². The first-order valence-electron chi connectivity index (χ1n) is 8.20. The molecular formula is C20H16ClN5. The van der Waals surface area contributed by atoms with Gasteiger partial charge in [0.2, 0.25) is 0 Å². The molecule has 0 aliphatic rings. The van der Waals surface area contributed by atoms with E-state index in [-0.39, 0.29) is 0 Å². The molecule has 0 unspecified atom stereocenters. The molecule has 0 aliphatic carbocycles. The molecule has 0 spiro atoms. The van der Waals surface area contributed by atoms with Gasteiger partial charge < -0.3 is 5.32 Å². The lowest BCUT2D eigenvalue weighted by atomic mass is 10.1. The molecule has 2 N–H and O–H groups in total. The minimum atomic E-state index is 0.617. The van der Waals surface area contributed by atoms with Crippen molar-refractivity contribution in [3.63, 3.8) is 0 Å². The van der Waals surface area contributed by atoms with E-state index in [1.165, 1.54) is 0 Å². The maximum absolute atomic E-state index is 6.06. The Morgan fingerprint density at radius 3 is 2.65 bits per heavy atom. The molecule has 0 amide bonds. The standard InChI is InChI=1S/C20H16ClN5/c21-16-5-3-4-15(12-16)19-24-20(26-25-19)17-6-1-2-7-18(17)23-13-14-8-10-22-11-9-14/h1-12,23H,13H2,(H,24,25,26). The minimum Gasteiger partial charge on any atom is -0.380 e. The van der Waals surface area contributed by atoms with Gasteiger partial charge in [-0.25, -0.2) is 4.98 Å². The molecule has 5 nitrogen and oxygen atoms in total. The van der Waals surface area contributed by atoms with Crippen LogP contribution in [-0.2, 0) is 6.54 Å². The van der Waals surface area contributed by atoms with Gasteiger partial charge in [-0.15, -0.1) is 0 Å². The number of hydrogen-bond donors (Lipinski definition) is 2. The van der Waals surface area contributed by atoms with Gasteiger partial charge in [0.25, 0.3) is 0 Å². The number of anilines is 1. The van der Waals surface area contributed by atoms with Crippen molar-refractivity contribution in [3.8, 4) is 22.8 Å². The second-order valence-electron chi connectivity index (χ2n) is 5.77. The number of aromatic amines is 1. The summed E-state index contributed by atoms with van der Waals surface area (Å²) in [6.07, 6.45) is 3.58. The van der Waals surface area contributed by atoms with Gasteiger partial charge in [-0.1, -0.05) is 35.9 Å². The summed E-state index contributed by atoms with van der Waals surface area (Å²) in [6, 6.07) is 19.5. The second kappa shape index (κ2) is 7.37. The van der Waals surface area contributed by atoms with Gasteiger partial charge in [0, 0.05) is 40.8 Å². The Bertz CT molecular complexity index is 1010. The number of halogens is 1. The van der Waals surface area contributed by atoms with Crippen molar-refractivity contribution in [2.75, 3.05) is 5.32 Å². The highest BCUT2D eigenvalue weighted by Gasteiger charge is 2.11. The third kappa shape index (κ3) is 3.58. The quantitative estimate of drug-likeness (QED) is 0.536. The number of hydrogen-bond acceptors (Lipinski definition) is 4. The molecule has 2 aromatic carbocycles. The van der Waals surface area contributed by atoms with Crippen molar-refractivity contribution >= 4 is 17.3 Å². The van der Waals surface area contributed by atoms with Crippen LogP contribution < -0.4 is 5.32 Å². The molecule has 0 fully saturated rings. The zero-order chi connectivity index (χ0) is 17.8. The lowest BCUT2D eigenvalue weighted by Gasteiger charge is -2.10. The predicted molar refractivity (Wildman–Crippen MR) is 104 cm³/mol. The fourth-order valence-corrected chi connectivity index (χ4v) is 2.87. The number of para-hydroxylation sites is 1. The number of nitrogens with one attached hydrogen (secondary N) is 2. The normalized spacial score (nSPS) is 10.7. The van der Waals surface area contributed by atoms with Crippen LogP contribution in [0.5, 0.6) is 0 Å². The number of H-pyrrole nitrogens is 1. The van der Waals surface area contributed by atoms with E-state index >= 15 is 0 Å². The molecule has 0 saturated heterocycles. The van der Waals surface area contributed by atoms with Crippen LogP contribution in [0.3, 0.4) is 0 Å². The Balaban J connectivity index is 1.60. The van der Waals surface area contributed by atoms with E-state index in [2.05, 4.69) is 25.5 Å². The van der Waals surface area contributed by atoms with E-state index in [9.17, 15) is 0 Å². The summed E-state index contributed by atoms with van der Waals surface area (Å²) in [5.41, 5.74) is 3.98. The molecule has 2 heterocycles. The van der Waals surface area contributed by atoms with Gasteiger partial charge in [-0.2, -0.15) is 5.10 Å². The van der Waals surface area contributed by atoms with Crippen LogP contribution in [0.2, 0.25) is 5.02 Å². The minimum absolute atomic E-state index is 0.617. The number of nitrogens with zero attached hydrogens (tertiary/aromatic N) is 3. The van der Waals surface area contributed by atoms with Crippen LogP contribution >= 0.6 is 11.6 Å². The summed E-state index contributed by atoms with van der Waals surface area (Å²) >= 11 is 6.06. The Hall–Kier alpha value is -3.18. The van der Waals surface area contributed by atoms with Gasteiger partial charge >= 0.3 is 0 Å². The number of rotatable bonds is 5. The molecule has 4 rings (SSSR count). The Labute approximate surface area is 156 Å². The third-order valence-electron chi connectivity index (χ3n) is 3.98. The summed E-state index contributed by atoms with van der Waals surface area (Å²) < 4.78 is 0. The molecule has 0 saturated carbocycles. The van der Waals surface area contributed by atoms with Crippen LogP contribution in [-0.4, -0.2) is 20.2 Å². The average Bonchev–Trinajstić information content (AvgIpc) is 3.17. The van der Waals surface area contributed by atoms with Crippen molar-refractivity contribution in [2.24, 2.45) is 0 Å². The summed E-state index contributed by atoms with van der Waals surface area (Å²) in [6.45, 7) is 0.703. The maximum Gasteiger partial charge on any atom is 0.181 e. The van der Waals surface area contributed by atoms with Gasteiger partial charge in [0.1, 0.15) is 0 Å². The summed E-state index contributed by atoms with van der Waals surface area (Å²) in [5, 5.41) is 11.5. The van der Waals surface area contributed by atoms with E-state index in [0.29, 0.717) is 23.2 Å². The SMILES string of the molecule is Clc1cccc(-c2n[nH]c(-c3ccccc3NCc3ccncc3)n2)c1. The lowest BCUT2D eigenvalue weighted by molar-refractivity contribution is 1.09. The molecule has 6 heteroatoms. The predicted octanol–water partition coefficient (Wildman–Crippen LogP) is 4.80. The molecule has 4 aromatic rings. The van der Waals surface area contributed by atoms with Crippen molar-refractivity contribution in [2.45, 2.75) is 6.54 Å². The summed E-state index contributed by atoms with van der Waals surface area (Å²) in [4.78, 5) is 8.67. The van der Waals surface area contributed by atoms with Crippen molar-refractivity contribution in [1.29, 1.82) is 0 Å². The largest absolute Gasteiger partial charge is 0.380 e. The summed E-state index contributed by atoms with van der Waals surface area (Å²) in [7, 11) is 0. The Morgan fingerprint density at radius 2 is 1.81 bits per heavy atom. The number of benzene rings is 2. The van der Waals surface area contributed by atoms with Crippen LogP contribution in [0, 0.1) is 0 Å². The van der Waals surface area contributed by atoms with Gasteiger partial charge in [-0.3, -0.25) is 10.1 Å². The van der Waals surface area contributed by atoms with Crippen LogP contribution in [0.25, 0.3) is 22.8 Å². The van der Waals surface area contributed by atoms with Crippen molar-refractivity contribution in [3.05, 3.63) is 83.6 Å². The monoisotopic (exact) mass is 361 g/mol. The van der Waals surface area contributed by atoms with Crippen LogP contribution in [0.4, 0.5) is 5.69 Å². The highest BCUT2D eigenvalue weighted by molar-refractivity contribution is 6.30. The van der Waals surface area contributed by atoms with E-state index < -0.39 is 0 Å². The van der Waals surface area contributed by atoms with Crippen LogP contribution in [0.15, 0.2) is 73.1 Å². The Kier molecular flexibility index (Phi) is 4.62. The van der Waals surface area contributed by atoms with Crippen molar-refractivity contribution in [1.82, 2.24) is 20.2 Å². The zero-order valence-corrected chi connectivity index (χ0v) is 14.6. The first kappa shape index (κ1) is 16.3. The highest BCUT2D eigenvalue weighted by atomic mass is 35.5. The molecular weight excluding hydrogens is 346 g/mol. The molecule has 0 atom stereocenters. The highest BCUT2D eigenvalue weighted by Crippen LogP contribution is 2.27. The molecule has 0 aliphatic heterocycles. The molecule has 128 valence electrons. The number of aromatic nitrogens is 4. The fraction of sp³-hybridized carbons (Fsp3) is 0.0500. The lowest BCUT2D eigenvalue weighted by Crippen LogP contribution is -2.01. The molecule has 0 radical (unpaired) electrons. The molecule has 0 bridgehead atoms. The molecule has 2 aromatic heterocycles. The number of pyridine rings is 1. The first-order valence-corrected chi connectivity index (χ1v) is 8.58. The third-order valence-corrected chi connectivity index (χ3v) is 4.22. The molecule has 26 heavy (non-hydrogen) atoms. The zero-order valence-electron chi connectivity index (χ0n) is 13.9. The smallest absolute Gasteiger partial charge is 0.181 e. The van der Waals surface area contributed by atoms with E-state index in [0.717, 1.165) is 22.4 Å². The summed E-state index contributed by atoms with van der Waals surface area (Å²) in [5.74, 6) is 1.32. The average molecular weight is 362 g/mol. The van der Waals surface area contributed by atoms with Gasteiger partial charge in [0.05, 0.1) is 0 Å². The van der Waals surface area contributed by atoms with Crippen LogP contribution in [0.1, 0.15) is 5.56 Å². The maximum atomic E-state index is 6.06. The first-order chi connectivity index (χ1) is 12.8. The topological polar surface area (TPSA) is 66.5 Å².